The zero-order valence-electron chi connectivity index (χ0n) is 11.1. The Morgan fingerprint density at radius 1 is 0.727 bits per heavy atom. The molecule has 2 aromatic heterocycles. The highest BCUT2D eigenvalue weighted by Gasteiger charge is 2.34. The van der Waals surface area contributed by atoms with Gasteiger partial charge in [0.2, 0.25) is 0 Å². The molecule has 0 spiro atoms. The predicted molar refractivity (Wildman–Crippen MR) is 86.1 cm³/mol. The molecule has 0 bridgehead atoms. The first kappa shape index (κ1) is 13.2. The summed E-state index contributed by atoms with van der Waals surface area (Å²) in [7, 11) is 0. The van der Waals surface area contributed by atoms with Gasteiger partial charge in [-0.1, -0.05) is 24.3 Å². The molecule has 1 aliphatic rings. The van der Waals surface area contributed by atoms with Gasteiger partial charge in [-0.3, -0.25) is 9.59 Å². The molecule has 2 heterocycles. The quantitative estimate of drug-likeness (QED) is 0.723. The van der Waals surface area contributed by atoms with Gasteiger partial charge >= 0.3 is 0 Å². The lowest BCUT2D eigenvalue weighted by atomic mass is 9.80. The summed E-state index contributed by atoms with van der Waals surface area (Å²) in [4.78, 5) is 25.8. The monoisotopic (exact) mass is 324 g/mol. The molecule has 0 N–H and O–H groups in total. The number of hydrogen-bond acceptors (Lipinski definition) is 6. The van der Waals surface area contributed by atoms with Gasteiger partial charge in [0.15, 0.2) is 11.6 Å². The van der Waals surface area contributed by atoms with E-state index in [1.165, 1.54) is 23.1 Å². The summed E-state index contributed by atoms with van der Waals surface area (Å²) in [6.45, 7) is 0. The molecule has 0 saturated carbocycles. The van der Waals surface area contributed by atoms with Crippen LogP contribution in [0.25, 0.3) is 11.1 Å². The summed E-state index contributed by atoms with van der Waals surface area (Å²) in [6, 6.07) is 6.92. The van der Waals surface area contributed by atoms with E-state index in [2.05, 4.69) is 8.75 Å². The maximum absolute atomic E-state index is 12.9. The molecule has 4 rings (SSSR count). The van der Waals surface area contributed by atoms with Crippen LogP contribution in [0.5, 0.6) is 0 Å². The third-order valence-corrected chi connectivity index (χ3v) is 4.74. The van der Waals surface area contributed by atoms with E-state index >= 15 is 0 Å². The van der Waals surface area contributed by atoms with Gasteiger partial charge in [-0.25, -0.2) is 8.75 Å². The van der Waals surface area contributed by atoms with Crippen LogP contribution < -0.4 is 0 Å². The van der Waals surface area contributed by atoms with Crippen molar-refractivity contribution in [3.8, 4) is 0 Å². The summed E-state index contributed by atoms with van der Waals surface area (Å²) in [5.74, 6) is -0.284. The molecule has 22 heavy (non-hydrogen) atoms. The molecule has 3 aromatic rings. The Morgan fingerprint density at radius 2 is 1.18 bits per heavy atom. The lowest BCUT2D eigenvalue weighted by Crippen LogP contribution is -2.20. The number of hydrogen-bond donors (Lipinski definition) is 0. The van der Waals surface area contributed by atoms with Gasteiger partial charge in [-0.15, -0.1) is 0 Å². The smallest absolute Gasteiger partial charge is 0.195 e. The van der Waals surface area contributed by atoms with Crippen LogP contribution in [-0.2, 0) is 0 Å². The van der Waals surface area contributed by atoms with E-state index in [4.69, 9.17) is 0 Å². The largest absolute Gasteiger partial charge is 0.289 e. The maximum atomic E-state index is 12.9. The van der Waals surface area contributed by atoms with Gasteiger partial charge in [0.25, 0.3) is 0 Å². The summed E-state index contributed by atoms with van der Waals surface area (Å²) >= 11 is 2.51. The molecular formula is C16H8N2O2S2. The van der Waals surface area contributed by atoms with E-state index in [1.807, 2.05) is 0 Å². The molecule has 0 saturated heterocycles. The number of aromatic nitrogens is 2. The molecule has 0 aliphatic heterocycles. The average Bonchev–Trinajstić information content (AvgIpc) is 3.23. The number of benzene rings is 1. The standard InChI is InChI=1S/C16H8N2O2S2/c19-15-11-3-1-2-4-12(11)16(20)14(10-6-18-22-8-10)13(15)9-5-17-21-7-9/h1-8H. The molecule has 6 heteroatoms. The molecule has 0 radical (unpaired) electrons. The molecule has 0 atom stereocenters. The van der Waals surface area contributed by atoms with E-state index in [9.17, 15) is 9.59 Å². The minimum atomic E-state index is -0.142. The van der Waals surface area contributed by atoms with Crippen LogP contribution in [0, 0.1) is 0 Å². The van der Waals surface area contributed by atoms with E-state index in [-0.39, 0.29) is 11.6 Å². The Kier molecular flexibility index (Phi) is 3.06. The molecule has 4 nitrogen and oxygen atoms in total. The van der Waals surface area contributed by atoms with Crippen molar-refractivity contribution in [2.75, 3.05) is 0 Å². The van der Waals surface area contributed by atoms with Crippen LogP contribution in [0.15, 0.2) is 47.4 Å². The fourth-order valence-corrected chi connectivity index (χ4v) is 3.64. The molecular weight excluding hydrogens is 316 g/mol. The lowest BCUT2D eigenvalue weighted by Gasteiger charge is -2.19. The summed E-state index contributed by atoms with van der Waals surface area (Å²) in [6.07, 6.45) is 3.25. The van der Waals surface area contributed by atoms with Crippen LogP contribution >= 0.6 is 23.1 Å². The zero-order valence-corrected chi connectivity index (χ0v) is 12.8. The number of carbonyl (C=O) groups is 2. The van der Waals surface area contributed by atoms with Gasteiger partial charge < -0.3 is 0 Å². The average molecular weight is 324 g/mol. The van der Waals surface area contributed by atoms with Crippen LogP contribution in [0.3, 0.4) is 0 Å². The van der Waals surface area contributed by atoms with Crippen molar-refractivity contribution < 1.29 is 9.59 Å². The number of rotatable bonds is 2. The Morgan fingerprint density at radius 3 is 1.55 bits per heavy atom. The minimum absolute atomic E-state index is 0.142. The van der Waals surface area contributed by atoms with Crippen molar-refractivity contribution in [3.05, 3.63) is 69.7 Å². The van der Waals surface area contributed by atoms with Crippen molar-refractivity contribution in [2.45, 2.75) is 0 Å². The van der Waals surface area contributed by atoms with Gasteiger partial charge in [0.05, 0.1) is 0 Å². The topological polar surface area (TPSA) is 59.9 Å². The lowest BCUT2D eigenvalue weighted by molar-refractivity contribution is 0.101. The first-order valence-corrected chi connectivity index (χ1v) is 8.17. The fraction of sp³-hybridized carbons (Fsp3) is 0. The highest BCUT2D eigenvalue weighted by atomic mass is 32.1. The number of fused-ring (bicyclic) bond motifs is 1. The van der Waals surface area contributed by atoms with Crippen molar-refractivity contribution in [1.82, 2.24) is 8.75 Å². The van der Waals surface area contributed by atoms with Crippen LogP contribution in [0.1, 0.15) is 31.8 Å². The normalized spacial score (nSPS) is 14.4. The fourth-order valence-electron chi connectivity index (χ4n) is 2.58. The molecule has 0 unspecified atom stereocenters. The Bertz CT molecular complexity index is 834. The van der Waals surface area contributed by atoms with Crippen LogP contribution in [0.4, 0.5) is 0 Å². The molecule has 1 aromatic carbocycles. The van der Waals surface area contributed by atoms with E-state index in [0.29, 0.717) is 33.4 Å². The highest BCUT2D eigenvalue weighted by Crippen LogP contribution is 2.37. The van der Waals surface area contributed by atoms with E-state index in [1.54, 1.807) is 47.4 Å². The van der Waals surface area contributed by atoms with Crippen molar-refractivity contribution in [2.24, 2.45) is 0 Å². The minimum Gasteiger partial charge on any atom is -0.289 e. The third-order valence-electron chi connectivity index (χ3n) is 3.56. The number of carbonyl (C=O) groups excluding carboxylic acids is 2. The zero-order chi connectivity index (χ0) is 15.1. The summed E-state index contributed by atoms with van der Waals surface area (Å²) in [5.41, 5.74) is 3.08. The van der Waals surface area contributed by atoms with Gasteiger partial charge in [0.1, 0.15) is 0 Å². The first-order valence-electron chi connectivity index (χ1n) is 6.49. The molecule has 106 valence electrons. The maximum Gasteiger partial charge on any atom is 0.195 e. The second-order valence-corrected chi connectivity index (χ2v) is 6.09. The first-order chi connectivity index (χ1) is 10.8. The van der Waals surface area contributed by atoms with Gasteiger partial charge in [-0.05, 0) is 23.1 Å². The van der Waals surface area contributed by atoms with Crippen molar-refractivity contribution >= 4 is 45.8 Å². The number of allylic oxidation sites excluding steroid dienone is 2. The molecule has 0 amide bonds. The van der Waals surface area contributed by atoms with Crippen molar-refractivity contribution in [3.63, 3.8) is 0 Å². The number of nitrogens with zero attached hydrogens (tertiary/aromatic N) is 2. The highest BCUT2D eigenvalue weighted by molar-refractivity contribution is 7.04. The van der Waals surface area contributed by atoms with Gasteiger partial charge in [0, 0.05) is 56.6 Å². The number of Topliss-reactive ketones (excluding diaryl/α,β-unsaturated/α-hetero) is 2. The van der Waals surface area contributed by atoms with Crippen molar-refractivity contribution in [1.29, 1.82) is 0 Å². The van der Waals surface area contributed by atoms with Gasteiger partial charge in [-0.2, -0.15) is 0 Å². The third kappa shape index (κ3) is 1.88. The van der Waals surface area contributed by atoms with E-state index in [0.717, 1.165) is 0 Å². The summed E-state index contributed by atoms with van der Waals surface area (Å²) < 4.78 is 8.12. The predicted octanol–water partition coefficient (Wildman–Crippen LogP) is 3.59. The second-order valence-electron chi connectivity index (χ2n) is 4.78. The number of ketones is 2. The summed E-state index contributed by atoms with van der Waals surface area (Å²) in [5, 5.41) is 3.57. The Hall–Kier alpha value is -2.44. The van der Waals surface area contributed by atoms with E-state index < -0.39 is 0 Å². The molecule has 0 fully saturated rings. The Balaban J connectivity index is 2.06. The second kappa shape index (κ2) is 5.08. The van der Waals surface area contributed by atoms with Crippen LogP contribution in [0.2, 0.25) is 0 Å². The van der Waals surface area contributed by atoms with Crippen LogP contribution in [-0.4, -0.2) is 20.3 Å². The Labute approximate surface area is 134 Å². The SMILES string of the molecule is O=C1C(c2cnsc2)=C(c2cnsc2)C(=O)c2ccccc21. The molecule has 1 aliphatic carbocycles.